The van der Waals surface area contributed by atoms with E-state index in [0.29, 0.717) is 10.3 Å². The molecule has 0 heterocycles. The summed E-state index contributed by atoms with van der Waals surface area (Å²) in [5.41, 5.74) is 6.61. The topological polar surface area (TPSA) is 0 Å². The molecular formula is C24H44P2. The quantitative estimate of drug-likeness (QED) is 0.453. The Morgan fingerprint density at radius 3 is 1.50 bits per heavy atom. The monoisotopic (exact) mass is 394 g/mol. The van der Waals surface area contributed by atoms with Gasteiger partial charge in [-0.3, -0.25) is 0 Å². The first kappa shape index (κ1) is 24.1. The summed E-state index contributed by atoms with van der Waals surface area (Å²) in [4.78, 5) is 0. The van der Waals surface area contributed by atoms with Crippen LogP contribution in [0.15, 0.2) is 12.1 Å². The molecule has 0 saturated heterocycles. The van der Waals surface area contributed by atoms with E-state index >= 15 is 0 Å². The van der Waals surface area contributed by atoms with Gasteiger partial charge in [-0.1, -0.05) is 103 Å². The van der Waals surface area contributed by atoms with Gasteiger partial charge in [-0.25, -0.2) is 0 Å². The van der Waals surface area contributed by atoms with Gasteiger partial charge in [-0.2, -0.15) is 0 Å². The van der Waals surface area contributed by atoms with Crippen molar-refractivity contribution in [2.75, 3.05) is 0 Å². The van der Waals surface area contributed by atoms with Crippen molar-refractivity contribution in [1.82, 2.24) is 0 Å². The molecule has 0 bridgehead atoms. The molecule has 0 saturated carbocycles. The van der Waals surface area contributed by atoms with Crippen molar-refractivity contribution in [3.05, 3.63) is 34.4 Å². The van der Waals surface area contributed by atoms with Gasteiger partial charge >= 0.3 is 0 Å². The first-order valence-corrected chi connectivity index (χ1v) is 12.4. The van der Waals surface area contributed by atoms with Gasteiger partial charge in [0.1, 0.15) is 0 Å². The fourth-order valence-electron chi connectivity index (χ4n) is 4.18. The van der Waals surface area contributed by atoms with Crippen LogP contribution < -0.4 is 0 Å². The maximum atomic E-state index is 2.97. The Hall–Kier alpha value is 0.0800. The third-order valence-electron chi connectivity index (χ3n) is 5.12. The highest BCUT2D eigenvalue weighted by Crippen LogP contribution is 2.62. The van der Waals surface area contributed by atoms with Gasteiger partial charge in [-0.15, -0.1) is 9.24 Å². The van der Waals surface area contributed by atoms with Crippen LogP contribution in [-0.4, -0.2) is 10.3 Å². The van der Waals surface area contributed by atoms with E-state index in [1.54, 1.807) is 11.1 Å². The van der Waals surface area contributed by atoms with Gasteiger partial charge in [0.2, 0.25) is 0 Å². The molecule has 2 heteroatoms. The van der Waals surface area contributed by atoms with Gasteiger partial charge in [0.05, 0.1) is 0 Å². The van der Waals surface area contributed by atoms with E-state index < -0.39 is 0 Å². The van der Waals surface area contributed by atoms with Crippen molar-refractivity contribution in [2.45, 2.75) is 117 Å². The number of hydrogen-bond acceptors (Lipinski definition) is 0. The summed E-state index contributed by atoms with van der Waals surface area (Å²) in [5.74, 6) is 0. The first-order valence-electron chi connectivity index (χ1n) is 10.0. The molecule has 1 atom stereocenters. The zero-order valence-electron chi connectivity index (χ0n) is 19.6. The van der Waals surface area contributed by atoms with E-state index in [4.69, 9.17) is 0 Å². The van der Waals surface area contributed by atoms with Crippen molar-refractivity contribution in [2.24, 2.45) is 0 Å². The third kappa shape index (κ3) is 5.79. The maximum Gasteiger partial charge on any atom is -0.00578 e. The summed E-state index contributed by atoms with van der Waals surface area (Å²) in [5, 5.41) is 0.692. The predicted octanol–water partition coefficient (Wildman–Crippen LogP) is 8.24. The summed E-state index contributed by atoms with van der Waals surface area (Å²) in [6.45, 7) is 28.9. The Kier molecular flexibility index (Phi) is 7.27. The van der Waals surface area contributed by atoms with Gasteiger partial charge in [0, 0.05) is 0 Å². The van der Waals surface area contributed by atoms with Gasteiger partial charge in [-0.05, 0) is 55.7 Å². The van der Waals surface area contributed by atoms with E-state index in [9.17, 15) is 0 Å². The van der Waals surface area contributed by atoms with Crippen LogP contribution in [0.2, 0.25) is 0 Å². The minimum Gasteiger partial charge on any atom is -0.133 e. The molecule has 0 aromatic heterocycles. The number of hydrogen-bond donors (Lipinski definition) is 0. The van der Waals surface area contributed by atoms with Crippen molar-refractivity contribution in [3.63, 3.8) is 0 Å². The molecule has 150 valence electrons. The van der Waals surface area contributed by atoms with Gasteiger partial charge in [0.15, 0.2) is 0 Å². The van der Waals surface area contributed by atoms with Gasteiger partial charge < -0.3 is 0 Å². The maximum absolute atomic E-state index is 2.97. The summed E-state index contributed by atoms with van der Waals surface area (Å²) >= 11 is 0. The summed E-state index contributed by atoms with van der Waals surface area (Å²) < 4.78 is 0. The van der Waals surface area contributed by atoms with E-state index in [-0.39, 0.29) is 18.8 Å². The minimum absolute atomic E-state index is 0.157. The lowest BCUT2D eigenvalue weighted by Gasteiger charge is -2.43. The molecule has 1 aromatic rings. The van der Waals surface area contributed by atoms with E-state index in [1.165, 1.54) is 17.3 Å². The molecule has 0 spiro atoms. The lowest BCUT2D eigenvalue weighted by atomic mass is 9.72. The molecular weight excluding hydrogens is 350 g/mol. The first-order chi connectivity index (χ1) is 11.4. The van der Waals surface area contributed by atoms with Crippen LogP contribution in [-0.2, 0) is 23.2 Å². The Morgan fingerprint density at radius 2 is 1.19 bits per heavy atom. The molecule has 0 aliphatic heterocycles. The minimum atomic E-state index is -0.162. The Morgan fingerprint density at radius 1 is 0.731 bits per heavy atom. The molecule has 1 aromatic carbocycles. The molecule has 1 unspecified atom stereocenters. The van der Waals surface area contributed by atoms with Crippen molar-refractivity contribution >= 4 is 17.2 Å². The summed E-state index contributed by atoms with van der Waals surface area (Å²) in [6, 6.07) is 4.80. The van der Waals surface area contributed by atoms with Crippen LogP contribution in [0.3, 0.4) is 0 Å². The molecule has 0 fully saturated rings. The molecule has 0 aliphatic rings. The Bertz CT molecular complexity index is 600. The smallest absolute Gasteiger partial charge is 0.00578 e. The van der Waals surface area contributed by atoms with Crippen LogP contribution >= 0.6 is 17.2 Å². The normalized spacial score (nSPS) is 14.2. The molecule has 0 amide bonds. The average molecular weight is 395 g/mol. The standard InChI is InChI=1S/C24H44P2/c1-21(2,3)19-14-13-17(15-25)18(20(19)22(4,5)6)16-26(23(7,8)9)24(10,11)12/h13-14H,15-16,25H2,1-12H3. The van der Waals surface area contributed by atoms with Crippen LogP contribution in [0.1, 0.15) is 105 Å². The fraction of sp³-hybridized carbons (Fsp3) is 0.750. The Balaban J connectivity index is 3.78. The van der Waals surface area contributed by atoms with Crippen molar-refractivity contribution in [1.29, 1.82) is 0 Å². The lowest BCUT2D eigenvalue weighted by Crippen LogP contribution is -2.29. The summed E-state index contributed by atoms with van der Waals surface area (Å²) in [7, 11) is 2.81. The highest BCUT2D eigenvalue weighted by molar-refractivity contribution is 7.60. The predicted molar refractivity (Wildman–Crippen MR) is 127 cm³/mol. The molecule has 0 N–H and O–H groups in total. The van der Waals surface area contributed by atoms with Crippen molar-refractivity contribution < 1.29 is 0 Å². The molecule has 0 nitrogen and oxygen atoms in total. The second-order valence-electron chi connectivity index (χ2n) is 11.8. The highest BCUT2D eigenvalue weighted by Gasteiger charge is 2.37. The second-order valence-corrected chi connectivity index (χ2v) is 16.0. The van der Waals surface area contributed by atoms with Crippen LogP contribution in [0.5, 0.6) is 0 Å². The molecule has 0 radical (unpaired) electrons. The van der Waals surface area contributed by atoms with Crippen LogP contribution in [0.25, 0.3) is 0 Å². The van der Waals surface area contributed by atoms with E-state index in [1.807, 2.05) is 0 Å². The SMILES string of the molecule is CC(C)(C)c1ccc(CP)c(CP(C(C)(C)C)C(C)(C)C)c1C(C)(C)C. The van der Waals surface area contributed by atoms with E-state index in [2.05, 4.69) is 104 Å². The zero-order chi connectivity index (χ0) is 20.7. The molecule has 0 aliphatic carbocycles. The Labute approximate surface area is 168 Å². The second kappa shape index (κ2) is 7.84. The molecule has 26 heavy (non-hydrogen) atoms. The van der Waals surface area contributed by atoms with Crippen LogP contribution in [0, 0.1) is 0 Å². The lowest BCUT2D eigenvalue weighted by molar-refractivity contribution is 0.525. The summed E-state index contributed by atoms with van der Waals surface area (Å²) in [6.07, 6.45) is 2.27. The number of benzene rings is 1. The number of rotatable bonds is 3. The van der Waals surface area contributed by atoms with E-state index in [0.717, 1.165) is 6.16 Å². The van der Waals surface area contributed by atoms with Crippen molar-refractivity contribution in [3.8, 4) is 0 Å². The fourth-order valence-corrected chi connectivity index (χ4v) is 8.20. The van der Waals surface area contributed by atoms with Crippen LogP contribution in [0.4, 0.5) is 0 Å². The molecule has 1 rings (SSSR count). The highest BCUT2D eigenvalue weighted by atomic mass is 31.1. The third-order valence-corrected chi connectivity index (χ3v) is 9.43. The van der Waals surface area contributed by atoms with Gasteiger partial charge in [0.25, 0.3) is 0 Å². The zero-order valence-corrected chi connectivity index (χ0v) is 21.6. The average Bonchev–Trinajstić information content (AvgIpc) is 2.38. The largest absolute Gasteiger partial charge is 0.133 e.